The SMILES string of the molecule is CC(C)(C)c1cc(-c2c3nc(c(-c4cc(C(C)(C)C)cc(C(C)(C)C)c4)c4[n-]c(cc4[N+](=O)[O-])c(-c4cc(C(C)(C)C)cc(C(C)(C)C)c4)c4nc(c(-c5ccc(Br)cc5)c5ccc2[n-]5)C=C4)C=C3)cc(C(C)(C)C)c1.[Cu+2]. The molecule has 0 unspecified atom stereocenters. The number of benzene rings is 4. The largest absolute Gasteiger partial charge is 2.00 e. The third-order valence-corrected chi connectivity index (χ3v) is 15.4. The molecule has 0 atom stereocenters. The van der Waals surface area contributed by atoms with Crippen molar-refractivity contribution in [2.45, 2.75) is 157 Å². The average molecular weight is 1140 g/mol. The van der Waals surface area contributed by atoms with Gasteiger partial charge >= 0.3 is 17.1 Å². The molecule has 9 rings (SSSR count). The molecule has 4 aromatic carbocycles. The molecule has 77 heavy (non-hydrogen) atoms. The first-order valence-corrected chi connectivity index (χ1v) is 27.4. The molecule has 7 aromatic rings. The normalized spacial score (nSPS) is 13.3. The van der Waals surface area contributed by atoms with E-state index >= 15 is 0 Å². The second-order valence-corrected chi connectivity index (χ2v) is 28.1. The first kappa shape index (κ1) is 57.1. The number of nitrogens with zero attached hydrogens (tertiary/aromatic N) is 5. The summed E-state index contributed by atoms with van der Waals surface area (Å²) in [7, 11) is 0. The van der Waals surface area contributed by atoms with Crippen LogP contribution in [0.15, 0.2) is 102 Å². The zero-order chi connectivity index (χ0) is 55.4. The van der Waals surface area contributed by atoms with Crippen LogP contribution in [0.3, 0.4) is 0 Å². The molecule has 9 heteroatoms. The van der Waals surface area contributed by atoms with Crippen molar-refractivity contribution in [1.29, 1.82) is 0 Å². The second-order valence-electron chi connectivity index (χ2n) is 27.2. The maximum atomic E-state index is 13.9. The van der Waals surface area contributed by atoms with E-state index in [2.05, 4.69) is 232 Å². The summed E-state index contributed by atoms with van der Waals surface area (Å²) >= 11 is 3.69. The predicted molar refractivity (Wildman–Crippen MR) is 325 cm³/mol. The van der Waals surface area contributed by atoms with E-state index in [4.69, 9.17) is 19.9 Å². The third kappa shape index (κ3) is 11.6. The molecule has 0 N–H and O–H groups in total. The molecular weight excluding hydrogens is 1060 g/mol. The van der Waals surface area contributed by atoms with Gasteiger partial charge in [0.2, 0.25) is 0 Å². The van der Waals surface area contributed by atoms with Gasteiger partial charge in [-0.3, -0.25) is 10.1 Å². The summed E-state index contributed by atoms with van der Waals surface area (Å²) in [6.07, 6.45) is 8.16. The van der Waals surface area contributed by atoms with Gasteiger partial charge in [-0.15, -0.1) is 16.6 Å². The zero-order valence-corrected chi connectivity index (χ0v) is 50.8. The number of hydrogen-bond donors (Lipinski definition) is 0. The monoisotopic (exact) mass is 1130 g/mol. The Morgan fingerprint density at radius 2 is 0.688 bits per heavy atom. The number of fused-ring (bicyclic) bond motifs is 8. The van der Waals surface area contributed by atoms with Gasteiger partial charge in [0.05, 0.1) is 27.7 Å². The van der Waals surface area contributed by atoms with Crippen LogP contribution in [0.2, 0.25) is 0 Å². The molecular formula is C68H74BrCuN5O2. The number of nitro groups is 1. The smallest absolute Gasteiger partial charge is 0.657 e. The van der Waals surface area contributed by atoms with E-state index in [1.54, 1.807) is 6.07 Å². The fraction of sp³-hybridized carbons (Fsp3) is 0.353. The molecule has 401 valence electrons. The first-order chi connectivity index (χ1) is 35.1. The van der Waals surface area contributed by atoms with Crippen molar-refractivity contribution in [2.24, 2.45) is 0 Å². The molecule has 0 aliphatic carbocycles. The van der Waals surface area contributed by atoms with Gasteiger partial charge in [-0.1, -0.05) is 219 Å². The fourth-order valence-corrected chi connectivity index (χ4v) is 10.3. The van der Waals surface area contributed by atoms with Gasteiger partial charge in [0, 0.05) is 10.5 Å². The fourth-order valence-electron chi connectivity index (χ4n) is 10.00. The molecule has 2 aliphatic heterocycles. The molecule has 8 bridgehead atoms. The Bertz CT molecular complexity index is 3640. The van der Waals surface area contributed by atoms with Gasteiger partial charge in [-0.2, -0.15) is 0 Å². The molecule has 2 aliphatic rings. The summed E-state index contributed by atoms with van der Waals surface area (Å²) in [5, 5.41) is 13.9. The Hall–Kier alpha value is -6.12. The van der Waals surface area contributed by atoms with E-state index in [0.29, 0.717) is 33.7 Å². The Morgan fingerprint density at radius 3 is 1.01 bits per heavy atom. The van der Waals surface area contributed by atoms with Crippen molar-refractivity contribution < 1.29 is 22.0 Å². The predicted octanol–water partition coefficient (Wildman–Crippen LogP) is 19.0. The standard InChI is InChI=1S/C68H74BrN5O2.Cu/c1-63(2,3)43-29-40(30-44(35-43)64(4,5)6)59-52-25-23-50(70-52)58(39-19-21-49(69)22-20-39)51-24-26-54(71-51)60(41-31-45(65(7,8)9)36-46(32-41)66(10,11)12)56-38-57(74(75)76)62(73-56)61(55-28-27-53(59)72-55)42-33-47(67(13,14)15)37-48(34-42)68(16,17)18;/h19-38H,1-18H3;/q-2;+2. The molecule has 0 spiro atoms. The second kappa shape index (κ2) is 20.0. The van der Waals surface area contributed by atoms with E-state index in [1.165, 1.54) is 11.1 Å². The summed E-state index contributed by atoms with van der Waals surface area (Å²) < 4.78 is 0.957. The molecule has 0 amide bonds. The number of rotatable bonds is 5. The van der Waals surface area contributed by atoms with Crippen LogP contribution in [0.5, 0.6) is 0 Å². The Kier molecular flexibility index (Phi) is 14.8. The summed E-state index contributed by atoms with van der Waals surface area (Å²) in [4.78, 5) is 36.0. The van der Waals surface area contributed by atoms with E-state index in [9.17, 15) is 10.1 Å². The van der Waals surface area contributed by atoms with Crippen molar-refractivity contribution in [2.75, 3.05) is 0 Å². The van der Waals surface area contributed by atoms with E-state index in [-0.39, 0.29) is 65.7 Å². The van der Waals surface area contributed by atoms with Crippen LogP contribution in [0.1, 0.15) is 181 Å². The van der Waals surface area contributed by atoms with Gasteiger partial charge in [0.1, 0.15) is 0 Å². The molecule has 5 heterocycles. The molecule has 0 fully saturated rings. The summed E-state index contributed by atoms with van der Waals surface area (Å²) in [6, 6.07) is 34.4. The van der Waals surface area contributed by atoms with Crippen LogP contribution in [-0.2, 0) is 49.6 Å². The van der Waals surface area contributed by atoms with Crippen molar-refractivity contribution in [3.8, 4) is 44.5 Å². The van der Waals surface area contributed by atoms with Crippen molar-refractivity contribution in [3.63, 3.8) is 0 Å². The minimum atomic E-state index is -0.284. The van der Waals surface area contributed by atoms with Gasteiger partial charge in [0.15, 0.2) is 0 Å². The molecule has 0 saturated carbocycles. The molecule has 1 radical (unpaired) electrons. The third-order valence-electron chi connectivity index (χ3n) is 14.9. The van der Waals surface area contributed by atoms with Crippen LogP contribution in [-0.4, -0.2) is 14.9 Å². The van der Waals surface area contributed by atoms with Crippen molar-refractivity contribution >= 4 is 68.0 Å². The van der Waals surface area contributed by atoms with E-state index in [1.807, 2.05) is 24.3 Å². The van der Waals surface area contributed by atoms with Crippen LogP contribution in [0.25, 0.3) is 90.9 Å². The minimum Gasteiger partial charge on any atom is -0.657 e. The van der Waals surface area contributed by atoms with Crippen LogP contribution in [0.4, 0.5) is 5.69 Å². The molecule has 0 saturated heterocycles. The van der Waals surface area contributed by atoms with Gasteiger partial charge in [-0.05, 0) is 152 Å². The van der Waals surface area contributed by atoms with Crippen molar-refractivity contribution in [3.05, 3.63) is 168 Å². The van der Waals surface area contributed by atoms with E-state index in [0.717, 1.165) is 76.8 Å². The number of hydrogen-bond acceptors (Lipinski definition) is 4. The first-order valence-electron chi connectivity index (χ1n) is 26.6. The summed E-state index contributed by atoms with van der Waals surface area (Å²) in [6.45, 7) is 40.1. The minimum absolute atomic E-state index is 0. The Morgan fingerprint density at radius 1 is 0.390 bits per heavy atom. The Labute approximate surface area is 476 Å². The topological polar surface area (TPSA) is 97.1 Å². The average Bonchev–Trinajstić information content (AvgIpc) is 4.17. The quantitative estimate of drug-likeness (QED) is 0.0967. The Balaban J connectivity index is 0.00000784. The summed E-state index contributed by atoms with van der Waals surface area (Å²) in [5.74, 6) is 0. The van der Waals surface area contributed by atoms with Gasteiger partial charge < -0.3 is 9.97 Å². The molecule has 3 aromatic heterocycles. The number of halogens is 1. The van der Waals surface area contributed by atoms with Gasteiger partial charge in [-0.25, -0.2) is 9.97 Å². The van der Waals surface area contributed by atoms with E-state index < -0.39 is 0 Å². The maximum absolute atomic E-state index is 13.9. The zero-order valence-electron chi connectivity index (χ0n) is 48.3. The molecule has 7 nitrogen and oxygen atoms in total. The van der Waals surface area contributed by atoms with Crippen molar-refractivity contribution in [1.82, 2.24) is 19.9 Å². The van der Waals surface area contributed by atoms with Crippen LogP contribution in [0, 0.1) is 10.1 Å². The van der Waals surface area contributed by atoms with Crippen LogP contribution >= 0.6 is 15.9 Å². The summed E-state index contributed by atoms with van der Waals surface area (Å²) in [5.41, 5.74) is 17.0. The van der Waals surface area contributed by atoms with Crippen LogP contribution < -0.4 is 9.97 Å². The van der Waals surface area contributed by atoms with Gasteiger partial charge in [0.25, 0.3) is 5.69 Å². The maximum Gasteiger partial charge on any atom is 2.00 e. The number of aromatic nitrogens is 4.